The van der Waals surface area contributed by atoms with Gasteiger partial charge in [0.2, 0.25) is 0 Å². The van der Waals surface area contributed by atoms with Gasteiger partial charge in [-0.15, -0.1) is 24.0 Å². The molecule has 24 heavy (non-hydrogen) atoms. The van der Waals surface area contributed by atoms with Gasteiger partial charge in [-0.05, 0) is 50.1 Å². The number of hydrogen-bond acceptors (Lipinski definition) is 4. The SMILES string of the molecule is CCNC(=NCC(C)c1ccsc1)NCCS(=O)(=O)C(C)(C)C.I. The Hall–Kier alpha value is -0.350. The minimum atomic E-state index is -3.12. The maximum Gasteiger partial charge on any atom is 0.191 e. The highest BCUT2D eigenvalue weighted by atomic mass is 127. The second-order valence-corrected chi connectivity index (χ2v) is 10.2. The number of rotatable bonds is 7. The van der Waals surface area contributed by atoms with Crippen LogP contribution in [0.2, 0.25) is 0 Å². The van der Waals surface area contributed by atoms with Crippen LogP contribution >= 0.6 is 35.3 Å². The largest absolute Gasteiger partial charge is 0.357 e. The fraction of sp³-hybridized carbons (Fsp3) is 0.688. The zero-order valence-corrected chi connectivity index (χ0v) is 19.1. The first-order chi connectivity index (χ1) is 10.7. The maximum atomic E-state index is 12.1. The summed E-state index contributed by atoms with van der Waals surface area (Å²) in [6.07, 6.45) is 0. The van der Waals surface area contributed by atoms with Crippen LogP contribution in [0.5, 0.6) is 0 Å². The second kappa shape index (κ2) is 10.6. The maximum absolute atomic E-state index is 12.1. The van der Waals surface area contributed by atoms with Crippen molar-refractivity contribution in [1.82, 2.24) is 10.6 Å². The number of sulfone groups is 1. The summed E-state index contributed by atoms with van der Waals surface area (Å²) in [5.74, 6) is 1.11. The molecule has 1 aromatic rings. The molecule has 140 valence electrons. The Morgan fingerprint density at radius 3 is 2.50 bits per heavy atom. The molecule has 1 aromatic heterocycles. The summed E-state index contributed by atoms with van der Waals surface area (Å²) >= 11 is 1.68. The van der Waals surface area contributed by atoms with Crippen LogP contribution in [0.1, 0.15) is 46.1 Å². The van der Waals surface area contributed by atoms with E-state index in [-0.39, 0.29) is 29.7 Å². The van der Waals surface area contributed by atoms with E-state index in [9.17, 15) is 8.42 Å². The molecule has 0 fully saturated rings. The number of guanidine groups is 1. The Labute approximate surface area is 167 Å². The number of thiophene rings is 1. The van der Waals surface area contributed by atoms with Gasteiger partial charge in [0.1, 0.15) is 0 Å². The van der Waals surface area contributed by atoms with E-state index >= 15 is 0 Å². The quantitative estimate of drug-likeness (QED) is 0.352. The lowest BCUT2D eigenvalue weighted by molar-refractivity contribution is 0.559. The predicted molar refractivity (Wildman–Crippen MR) is 116 cm³/mol. The van der Waals surface area contributed by atoms with E-state index in [1.807, 2.05) is 6.92 Å². The molecule has 0 bridgehead atoms. The fourth-order valence-corrected chi connectivity index (χ4v) is 3.61. The number of nitrogens with one attached hydrogen (secondary N) is 2. The van der Waals surface area contributed by atoms with E-state index in [1.54, 1.807) is 32.1 Å². The number of hydrogen-bond donors (Lipinski definition) is 2. The van der Waals surface area contributed by atoms with Crippen molar-refractivity contribution in [1.29, 1.82) is 0 Å². The third kappa shape index (κ3) is 7.69. The molecule has 0 saturated heterocycles. The highest BCUT2D eigenvalue weighted by Gasteiger charge is 2.28. The van der Waals surface area contributed by atoms with Crippen LogP contribution in [-0.4, -0.2) is 44.5 Å². The summed E-state index contributed by atoms with van der Waals surface area (Å²) < 4.78 is 23.5. The van der Waals surface area contributed by atoms with Crippen molar-refractivity contribution in [3.8, 4) is 0 Å². The second-order valence-electron chi connectivity index (χ2n) is 6.54. The van der Waals surface area contributed by atoms with Gasteiger partial charge in [-0.3, -0.25) is 4.99 Å². The molecule has 0 aromatic carbocycles. The van der Waals surface area contributed by atoms with E-state index in [1.165, 1.54) is 5.56 Å². The summed E-state index contributed by atoms with van der Waals surface area (Å²) in [7, 11) is -3.12. The first kappa shape index (κ1) is 23.6. The van der Waals surface area contributed by atoms with Gasteiger partial charge in [0.25, 0.3) is 0 Å². The van der Waals surface area contributed by atoms with E-state index in [0.717, 1.165) is 6.54 Å². The van der Waals surface area contributed by atoms with Crippen LogP contribution in [0, 0.1) is 0 Å². The first-order valence-electron chi connectivity index (χ1n) is 7.94. The predicted octanol–water partition coefficient (Wildman–Crippen LogP) is 3.24. The van der Waals surface area contributed by atoms with Gasteiger partial charge in [-0.1, -0.05) is 6.92 Å². The van der Waals surface area contributed by atoms with Crippen molar-refractivity contribution >= 4 is 51.1 Å². The molecular formula is C16H30IN3O2S2. The zero-order chi connectivity index (χ0) is 17.5. The molecule has 1 unspecified atom stereocenters. The third-order valence-electron chi connectivity index (χ3n) is 3.58. The van der Waals surface area contributed by atoms with Gasteiger partial charge in [-0.25, -0.2) is 8.42 Å². The lowest BCUT2D eigenvalue weighted by Crippen LogP contribution is -2.42. The molecule has 0 aliphatic heterocycles. The van der Waals surface area contributed by atoms with Crippen LogP contribution in [0.4, 0.5) is 0 Å². The van der Waals surface area contributed by atoms with Gasteiger partial charge >= 0.3 is 0 Å². The summed E-state index contributed by atoms with van der Waals surface area (Å²) in [6, 6.07) is 2.11. The first-order valence-corrected chi connectivity index (χ1v) is 10.5. The van der Waals surface area contributed by atoms with E-state index < -0.39 is 14.6 Å². The molecule has 0 radical (unpaired) electrons. The van der Waals surface area contributed by atoms with Crippen molar-refractivity contribution in [2.24, 2.45) is 4.99 Å². The molecule has 1 heterocycles. The fourth-order valence-electron chi connectivity index (χ4n) is 1.84. The van der Waals surface area contributed by atoms with Gasteiger partial charge in [0.05, 0.1) is 10.5 Å². The molecule has 0 saturated carbocycles. The molecule has 1 rings (SSSR count). The van der Waals surface area contributed by atoms with Gasteiger partial charge in [0, 0.05) is 25.6 Å². The Morgan fingerprint density at radius 2 is 2.00 bits per heavy atom. The molecule has 8 heteroatoms. The molecule has 1 atom stereocenters. The highest BCUT2D eigenvalue weighted by Crippen LogP contribution is 2.18. The lowest BCUT2D eigenvalue weighted by Gasteiger charge is -2.20. The van der Waals surface area contributed by atoms with Gasteiger partial charge in [0.15, 0.2) is 15.8 Å². The molecule has 0 aliphatic rings. The lowest BCUT2D eigenvalue weighted by atomic mass is 10.1. The molecular weight excluding hydrogens is 457 g/mol. The molecule has 2 N–H and O–H groups in total. The van der Waals surface area contributed by atoms with E-state index in [2.05, 4.69) is 39.4 Å². The Morgan fingerprint density at radius 1 is 1.33 bits per heavy atom. The van der Waals surface area contributed by atoms with E-state index in [4.69, 9.17) is 0 Å². The number of halogens is 1. The summed E-state index contributed by atoms with van der Waals surface area (Å²) in [4.78, 5) is 4.56. The topological polar surface area (TPSA) is 70.6 Å². The Kier molecular flexibility index (Phi) is 10.4. The summed E-state index contributed by atoms with van der Waals surface area (Å²) in [6.45, 7) is 11.1. The zero-order valence-electron chi connectivity index (χ0n) is 15.1. The van der Waals surface area contributed by atoms with Crippen LogP contribution in [-0.2, 0) is 9.84 Å². The van der Waals surface area contributed by atoms with Crippen LogP contribution in [0.15, 0.2) is 21.8 Å². The summed E-state index contributed by atoms with van der Waals surface area (Å²) in [5, 5.41) is 10.5. The average molecular weight is 487 g/mol. The third-order valence-corrected chi connectivity index (χ3v) is 6.89. The minimum Gasteiger partial charge on any atom is -0.357 e. The molecule has 0 aliphatic carbocycles. The standard InChI is InChI=1S/C16H29N3O2S2.HI/c1-6-17-15(18-8-10-23(20,21)16(3,4)5)19-11-13(2)14-7-9-22-12-14;/h7,9,12-13H,6,8,10-11H2,1-5H3,(H2,17,18,19);1H. The van der Waals surface area contributed by atoms with E-state index in [0.29, 0.717) is 25.0 Å². The smallest absolute Gasteiger partial charge is 0.191 e. The van der Waals surface area contributed by atoms with Crippen LogP contribution < -0.4 is 10.6 Å². The minimum absolute atomic E-state index is 0. The average Bonchev–Trinajstić information content (AvgIpc) is 2.97. The normalized spacial score (nSPS) is 14.0. The van der Waals surface area contributed by atoms with Crippen molar-refractivity contribution in [3.63, 3.8) is 0 Å². The highest BCUT2D eigenvalue weighted by molar-refractivity contribution is 14.0. The van der Waals surface area contributed by atoms with Crippen molar-refractivity contribution in [3.05, 3.63) is 22.4 Å². The number of aliphatic imine (C=N–C) groups is 1. The molecule has 0 spiro atoms. The van der Waals surface area contributed by atoms with Crippen LogP contribution in [0.25, 0.3) is 0 Å². The monoisotopic (exact) mass is 487 g/mol. The van der Waals surface area contributed by atoms with Gasteiger partial charge in [-0.2, -0.15) is 11.3 Å². The number of nitrogens with zero attached hydrogens (tertiary/aromatic N) is 1. The molecule has 0 amide bonds. The summed E-state index contributed by atoms with van der Waals surface area (Å²) in [5.41, 5.74) is 1.28. The van der Waals surface area contributed by atoms with Crippen molar-refractivity contribution in [2.45, 2.75) is 45.3 Å². The Bertz CT molecular complexity index is 593. The van der Waals surface area contributed by atoms with Gasteiger partial charge < -0.3 is 10.6 Å². The van der Waals surface area contributed by atoms with Crippen molar-refractivity contribution < 1.29 is 8.42 Å². The Balaban J connectivity index is 0.00000529. The van der Waals surface area contributed by atoms with Crippen LogP contribution in [0.3, 0.4) is 0 Å². The molecule has 5 nitrogen and oxygen atoms in total. The van der Waals surface area contributed by atoms with Crippen molar-refractivity contribution in [2.75, 3.05) is 25.4 Å².